The van der Waals surface area contributed by atoms with Crippen LogP contribution in [0.15, 0.2) is 28.8 Å². The van der Waals surface area contributed by atoms with Gasteiger partial charge in [-0.2, -0.15) is 4.98 Å². The predicted molar refractivity (Wildman–Crippen MR) is 92.9 cm³/mol. The predicted octanol–water partition coefficient (Wildman–Crippen LogP) is 1.85. The van der Waals surface area contributed by atoms with Gasteiger partial charge in [0.25, 0.3) is 0 Å². The van der Waals surface area contributed by atoms with Gasteiger partial charge in [0, 0.05) is 12.1 Å². The van der Waals surface area contributed by atoms with E-state index >= 15 is 0 Å². The van der Waals surface area contributed by atoms with E-state index < -0.39 is 0 Å². The van der Waals surface area contributed by atoms with Gasteiger partial charge in [-0.25, -0.2) is 0 Å². The fraction of sp³-hybridized carbons (Fsp3) is 0.500. The Labute approximate surface area is 147 Å². The van der Waals surface area contributed by atoms with Crippen LogP contribution in [0.1, 0.15) is 38.3 Å². The highest BCUT2D eigenvalue weighted by atomic mass is 16.5. The molecule has 1 unspecified atom stereocenters. The molecule has 3 atom stereocenters. The molecule has 0 aliphatic carbocycles. The SMILES string of the molecule is CCc1ccc(-c2noc(C(C)NC(=O)[C@H]3NCCO[C@@H]3C)n2)cc1. The molecule has 0 spiro atoms. The van der Waals surface area contributed by atoms with Crippen molar-refractivity contribution >= 4 is 5.91 Å². The molecule has 1 fully saturated rings. The van der Waals surface area contributed by atoms with Gasteiger partial charge in [0.1, 0.15) is 12.1 Å². The van der Waals surface area contributed by atoms with Crippen LogP contribution in [-0.2, 0) is 16.0 Å². The molecule has 2 heterocycles. The lowest BCUT2D eigenvalue weighted by atomic mass is 10.1. The summed E-state index contributed by atoms with van der Waals surface area (Å²) in [6, 6.07) is 7.29. The number of nitrogens with one attached hydrogen (secondary N) is 2. The third-order valence-corrected chi connectivity index (χ3v) is 4.39. The van der Waals surface area contributed by atoms with E-state index in [0.29, 0.717) is 24.9 Å². The van der Waals surface area contributed by atoms with E-state index in [9.17, 15) is 4.79 Å². The Morgan fingerprint density at radius 1 is 1.40 bits per heavy atom. The van der Waals surface area contributed by atoms with Gasteiger partial charge in [-0.3, -0.25) is 4.79 Å². The van der Waals surface area contributed by atoms with Gasteiger partial charge < -0.3 is 19.9 Å². The molecule has 0 saturated carbocycles. The molecule has 1 saturated heterocycles. The summed E-state index contributed by atoms with van der Waals surface area (Å²) in [6.45, 7) is 7.09. The standard InChI is InChI=1S/C18H24N4O3/c1-4-13-5-7-14(8-6-13)16-21-18(25-22-16)11(2)20-17(23)15-12(3)24-10-9-19-15/h5-8,11-12,15,19H,4,9-10H2,1-3H3,(H,20,23)/t11?,12-,15+/m1/s1. The summed E-state index contributed by atoms with van der Waals surface area (Å²) < 4.78 is 10.8. The van der Waals surface area contributed by atoms with Crippen LogP contribution in [-0.4, -0.2) is 41.3 Å². The number of aromatic nitrogens is 2. The topological polar surface area (TPSA) is 89.3 Å². The largest absolute Gasteiger partial charge is 0.375 e. The second-order valence-corrected chi connectivity index (χ2v) is 6.24. The molecule has 25 heavy (non-hydrogen) atoms. The number of ether oxygens (including phenoxy) is 1. The minimum absolute atomic E-state index is 0.133. The van der Waals surface area contributed by atoms with Crippen LogP contribution in [0.25, 0.3) is 11.4 Å². The first kappa shape index (κ1) is 17.6. The second kappa shape index (κ2) is 7.76. The van der Waals surface area contributed by atoms with Crippen molar-refractivity contribution in [1.29, 1.82) is 0 Å². The molecule has 1 aliphatic rings. The van der Waals surface area contributed by atoms with E-state index in [1.165, 1.54) is 5.56 Å². The van der Waals surface area contributed by atoms with Crippen molar-refractivity contribution in [2.24, 2.45) is 0 Å². The number of hydrogen-bond donors (Lipinski definition) is 2. The third kappa shape index (κ3) is 4.05. The molecule has 7 heteroatoms. The summed E-state index contributed by atoms with van der Waals surface area (Å²) in [6.07, 6.45) is 0.814. The van der Waals surface area contributed by atoms with Gasteiger partial charge in [0.15, 0.2) is 0 Å². The molecule has 2 aromatic rings. The molecule has 7 nitrogen and oxygen atoms in total. The fourth-order valence-electron chi connectivity index (χ4n) is 2.81. The van der Waals surface area contributed by atoms with Gasteiger partial charge in [-0.05, 0) is 25.8 Å². The summed E-state index contributed by atoms with van der Waals surface area (Å²) in [5, 5.41) is 10.1. The first-order valence-electron chi connectivity index (χ1n) is 8.66. The second-order valence-electron chi connectivity index (χ2n) is 6.24. The number of amides is 1. The minimum Gasteiger partial charge on any atom is -0.375 e. The molecule has 1 aliphatic heterocycles. The lowest BCUT2D eigenvalue weighted by Crippen LogP contribution is -2.55. The number of benzene rings is 1. The fourth-order valence-corrected chi connectivity index (χ4v) is 2.81. The highest BCUT2D eigenvalue weighted by molar-refractivity contribution is 5.82. The van der Waals surface area contributed by atoms with Crippen molar-refractivity contribution < 1.29 is 14.1 Å². The number of rotatable bonds is 5. The Morgan fingerprint density at radius 2 is 2.16 bits per heavy atom. The summed E-state index contributed by atoms with van der Waals surface area (Å²) in [7, 11) is 0. The quantitative estimate of drug-likeness (QED) is 0.860. The van der Waals surface area contributed by atoms with Gasteiger partial charge in [-0.15, -0.1) is 0 Å². The highest BCUT2D eigenvalue weighted by Crippen LogP contribution is 2.19. The number of carbonyl (C=O) groups is 1. The van der Waals surface area contributed by atoms with E-state index in [-0.39, 0.29) is 24.1 Å². The van der Waals surface area contributed by atoms with Crippen LogP contribution >= 0.6 is 0 Å². The number of hydrogen-bond acceptors (Lipinski definition) is 6. The Kier molecular flexibility index (Phi) is 5.45. The summed E-state index contributed by atoms with van der Waals surface area (Å²) >= 11 is 0. The minimum atomic E-state index is -0.375. The van der Waals surface area contributed by atoms with Crippen molar-refractivity contribution in [2.75, 3.05) is 13.2 Å². The maximum Gasteiger partial charge on any atom is 0.249 e. The monoisotopic (exact) mass is 344 g/mol. The summed E-state index contributed by atoms with van der Waals surface area (Å²) in [4.78, 5) is 16.8. The summed E-state index contributed by atoms with van der Waals surface area (Å²) in [5.41, 5.74) is 2.14. The zero-order valence-electron chi connectivity index (χ0n) is 14.8. The number of aryl methyl sites for hydroxylation is 1. The Bertz CT molecular complexity index is 713. The van der Waals surface area contributed by atoms with Crippen LogP contribution in [0.2, 0.25) is 0 Å². The molecule has 2 N–H and O–H groups in total. The van der Waals surface area contributed by atoms with E-state index in [0.717, 1.165) is 12.0 Å². The van der Waals surface area contributed by atoms with Crippen LogP contribution in [0, 0.1) is 0 Å². The van der Waals surface area contributed by atoms with Gasteiger partial charge in [0.2, 0.25) is 17.6 Å². The average Bonchev–Trinajstić information content (AvgIpc) is 3.12. The van der Waals surface area contributed by atoms with Crippen molar-refractivity contribution in [3.63, 3.8) is 0 Å². The van der Waals surface area contributed by atoms with Crippen molar-refractivity contribution in [3.8, 4) is 11.4 Å². The number of morpholine rings is 1. The van der Waals surface area contributed by atoms with Crippen LogP contribution < -0.4 is 10.6 Å². The van der Waals surface area contributed by atoms with Crippen LogP contribution in [0.3, 0.4) is 0 Å². The zero-order chi connectivity index (χ0) is 17.8. The van der Waals surface area contributed by atoms with E-state index in [1.54, 1.807) is 0 Å². The maximum atomic E-state index is 12.4. The average molecular weight is 344 g/mol. The van der Waals surface area contributed by atoms with Crippen molar-refractivity contribution in [1.82, 2.24) is 20.8 Å². The van der Waals surface area contributed by atoms with Crippen molar-refractivity contribution in [3.05, 3.63) is 35.7 Å². The van der Waals surface area contributed by atoms with Crippen molar-refractivity contribution in [2.45, 2.75) is 45.4 Å². The normalized spacial score (nSPS) is 21.7. The molecule has 1 aromatic carbocycles. The molecule has 134 valence electrons. The Balaban J connectivity index is 1.65. The third-order valence-electron chi connectivity index (χ3n) is 4.39. The Hall–Kier alpha value is -2.25. The van der Waals surface area contributed by atoms with Gasteiger partial charge in [-0.1, -0.05) is 36.3 Å². The molecule has 1 amide bonds. The first-order chi connectivity index (χ1) is 12.1. The number of carbonyl (C=O) groups excluding carboxylic acids is 1. The van der Waals surface area contributed by atoms with Gasteiger partial charge >= 0.3 is 0 Å². The molecular weight excluding hydrogens is 320 g/mol. The molecule has 3 rings (SSSR count). The van der Waals surface area contributed by atoms with Crippen LogP contribution in [0.4, 0.5) is 0 Å². The van der Waals surface area contributed by atoms with Gasteiger partial charge in [0.05, 0.1) is 12.7 Å². The van der Waals surface area contributed by atoms with E-state index in [4.69, 9.17) is 9.26 Å². The molecule has 0 bridgehead atoms. The van der Waals surface area contributed by atoms with Crippen LogP contribution in [0.5, 0.6) is 0 Å². The molecule has 0 radical (unpaired) electrons. The van der Waals surface area contributed by atoms with E-state index in [1.807, 2.05) is 38.1 Å². The molecular formula is C18H24N4O3. The summed E-state index contributed by atoms with van der Waals surface area (Å²) in [5.74, 6) is 0.769. The van der Waals surface area contributed by atoms with E-state index in [2.05, 4.69) is 27.7 Å². The molecule has 1 aromatic heterocycles. The smallest absolute Gasteiger partial charge is 0.249 e. The lowest BCUT2D eigenvalue weighted by Gasteiger charge is -2.29. The highest BCUT2D eigenvalue weighted by Gasteiger charge is 2.30. The lowest BCUT2D eigenvalue weighted by molar-refractivity contribution is -0.129. The first-order valence-corrected chi connectivity index (χ1v) is 8.66. The zero-order valence-corrected chi connectivity index (χ0v) is 14.8. The Morgan fingerprint density at radius 3 is 2.84 bits per heavy atom. The number of nitrogens with zero attached hydrogens (tertiary/aromatic N) is 2. The maximum absolute atomic E-state index is 12.4.